The van der Waals surface area contributed by atoms with Crippen LogP contribution in [0.1, 0.15) is 17.5 Å². The zero-order valence-corrected chi connectivity index (χ0v) is 17.6. The summed E-state index contributed by atoms with van der Waals surface area (Å²) in [6, 6.07) is 5.60. The highest BCUT2D eigenvalue weighted by atomic mass is 32.2. The Morgan fingerprint density at radius 2 is 1.83 bits per heavy atom. The normalized spacial score (nSPS) is 16.9. The lowest BCUT2D eigenvalue weighted by Gasteiger charge is -2.33. The van der Waals surface area contributed by atoms with Gasteiger partial charge in [0.15, 0.2) is 5.76 Å². The fourth-order valence-electron chi connectivity index (χ4n) is 3.14. The summed E-state index contributed by atoms with van der Waals surface area (Å²) in [5.41, 5.74) is 0.385. The third-order valence-corrected chi connectivity index (χ3v) is 7.64. The van der Waals surface area contributed by atoms with Gasteiger partial charge in [0.25, 0.3) is 5.91 Å². The Bertz CT molecular complexity index is 1100. The molecule has 0 unspecified atom stereocenters. The molecule has 1 aromatic carbocycles. The molecule has 10 nitrogen and oxygen atoms in total. The van der Waals surface area contributed by atoms with Gasteiger partial charge in [0.05, 0.1) is 10.6 Å². The van der Waals surface area contributed by atoms with Gasteiger partial charge in [0.1, 0.15) is 5.58 Å². The first-order valence-electron chi connectivity index (χ1n) is 9.15. The Hall–Kier alpha value is -1.99. The topological polar surface area (TPSA) is 143 Å². The van der Waals surface area contributed by atoms with Crippen LogP contribution in [0.2, 0.25) is 0 Å². The summed E-state index contributed by atoms with van der Waals surface area (Å²) < 4.78 is 53.6. The van der Waals surface area contributed by atoms with E-state index in [9.17, 15) is 21.6 Å². The van der Waals surface area contributed by atoms with Crippen LogP contribution < -0.4 is 10.5 Å². The number of nitrogens with one attached hydrogen (secondary N) is 1. The highest BCUT2D eigenvalue weighted by molar-refractivity contribution is 7.89. The van der Waals surface area contributed by atoms with Gasteiger partial charge in [-0.1, -0.05) is 0 Å². The number of furan rings is 1. The minimum Gasteiger partial charge on any atom is -0.451 e. The monoisotopic (exact) mass is 444 g/mol. The molecule has 1 amide bonds. The second-order valence-electron chi connectivity index (χ2n) is 6.75. The van der Waals surface area contributed by atoms with Crippen LogP contribution in [0, 0.1) is 0 Å². The predicted molar refractivity (Wildman–Crippen MR) is 107 cm³/mol. The van der Waals surface area contributed by atoms with E-state index >= 15 is 0 Å². The highest BCUT2D eigenvalue weighted by Gasteiger charge is 2.25. The number of fused-ring (bicyclic) bond motifs is 1. The van der Waals surface area contributed by atoms with Gasteiger partial charge >= 0.3 is 0 Å². The number of carbonyl (C=O) groups is 1. The average molecular weight is 445 g/mol. The second-order valence-corrected chi connectivity index (χ2v) is 10.6. The van der Waals surface area contributed by atoms with E-state index in [0.717, 1.165) is 0 Å². The lowest BCUT2D eigenvalue weighted by atomic mass is 10.2. The summed E-state index contributed by atoms with van der Waals surface area (Å²) in [5, 5.41) is 8.34. The molecular weight excluding hydrogens is 420 g/mol. The maximum Gasteiger partial charge on any atom is 0.287 e. The van der Waals surface area contributed by atoms with Gasteiger partial charge < -0.3 is 9.73 Å². The van der Waals surface area contributed by atoms with Gasteiger partial charge in [-0.05, 0) is 31.2 Å². The van der Waals surface area contributed by atoms with Crippen molar-refractivity contribution in [3.05, 3.63) is 30.0 Å². The number of sulfonamides is 2. The molecule has 29 heavy (non-hydrogen) atoms. The molecule has 0 saturated carbocycles. The number of nitrogens with two attached hydrogens (primary N) is 1. The van der Waals surface area contributed by atoms with Crippen LogP contribution in [0.4, 0.5) is 0 Å². The molecule has 1 aliphatic heterocycles. The van der Waals surface area contributed by atoms with Gasteiger partial charge in [-0.3, -0.25) is 9.69 Å². The third kappa shape index (κ3) is 5.14. The SMILES string of the molecule is CCS(=O)(=O)N1CCN(CCNC(=O)c2cc3cc(S(N)(=O)=O)ccc3o2)CC1. The number of amides is 1. The number of benzene rings is 1. The molecule has 0 bridgehead atoms. The molecular formula is C17H24N4O6S2. The van der Waals surface area contributed by atoms with Gasteiger partial charge in [0, 0.05) is 44.7 Å². The van der Waals surface area contributed by atoms with Crippen molar-refractivity contribution in [2.45, 2.75) is 11.8 Å². The first-order chi connectivity index (χ1) is 13.6. The molecule has 1 aliphatic rings. The standard InChI is InChI=1S/C17H24N4O6S2/c1-2-28(23,24)21-9-7-20(8-10-21)6-5-19-17(22)16-12-13-11-14(29(18,25)26)3-4-15(13)27-16/h3-4,11-12H,2,5-10H2,1H3,(H,19,22)(H2,18,25,26). The summed E-state index contributed by atoms with van der Waals surface area (Å²) in [4.78, 5) is 14.3. The molecule has 12 heteroatoms. The average Bonchev–Trinajstić information content (AvgIpc) is 3.11. The highest BCUT2D eigenvalue weighted by Crippen LogP contribution is 2.22. The van der Waals surface area contributed by atoms with Crippen LogP contribution in [-0.2, 0) is 20.0 Å². The van der Waals surface area contributed by atoms with E-state index in [1.165, 1.54) is 28.6 Å². The maximum absolute atomic E-state index is 12.3. The number of hydrogen-bond donors (Lipinski definition) is 2. The van der Waals surface area contributed by atoms with Crippen molar-refractivity contribution in [2.24, 2.45) is 5.14 Å². The van der Waals surface area contributed by atoms with Crippen molar-refractivity contribution in [1.82, 2.24) is 14.5 Å². The summed E-state index contributed by atoms with van der Waals surface area (Å²) in [7, 11) is -7.00. The zero-order valence-electron chi connectivity index (χ0n) is 16.0. The number of carbonyl (C=O) groups excluding carboxylic acids is 1. The molecule has 3 N–H and O–H groups in total. The summed E-state index contributed by atoms with van der Waals surface area (Å²) in [5.74, 6) is -0.241. The maximum atomic E-state index is 12.3. The lowest BCUT2D eigenvalue weighted by Crippen LogP contribution is -2.50. The van der Waals surface area contributed by atoms with Gasteiger partial charge in [-0.2, -0.15) is 4.31 Å². The van der Waals surface area contributed by atoms with Gasteiger partial charge in [-0.25, -0.2) is 22.0 Å². The van der Waals surface area contributed by atoms with Crippen molar-refractivity contribution in [3.8, 4) is 0 Å². The predicted octanol–water partition coefficient (Wildman–Crippen LogP) is -0.223. The first kappa shape index (κ1) is 21.7. The quantitative estimate of drug-likeness (QED) is 0.601. The molecule has 3 rings (SSSR count). The Morgan fingerprint density at radius 1 is 1.14 bits per heavy atom. The summed E-state index contributed by atoms with van der Waals surface area (Å²) in [6.45, 7) is 4.69. The summed E-state index contributed by atoms with van der Waals surface area (Å²) >= 11 is 0. The molecule has 0 spiro atoms. The van der Waals surface area contributed by atoms with Gasteiger partial charge in [0.2, 0.25) is 20.0 Å². The molecule has 0 atom stereocenters. The number of nitrogens with zero attached hydrogens (tertiary/aromatic N) is 2. The van der Waals surface area contributed by atoms with E-state index in [2.05, 4.69) is 10.2 Å². The van der Waals surface area contributed by atoms with Crippen LogP contribution in [0.25, 0.3) is 11.0 Å². The molecule has 1 fully saturated rings. The number of piperazine rings is 1. The van der Waals surface area contributed by atoms with Crippen molar-refractivity contribution in [1.29, 1.82) is 0 Å². The van der Waals surface area contributed by atoms with Crippen molar-refractivity contribution >= 4 is 36.9 Å². The number of rotatable bonds is 7. The van der Waals surface area contributed by atoms with Gasteiger partial charge in [-0.15, -0.1) is 0 Å². The van der Waals surface area contributed by atoms with E-state index < -0.39 is 26.0 Å². The van der Waals surface area contributed by atoms with Crippen LogP contribution in [-0.4, -0.2) is 77.0 Å². The fourth-order valence-corrected chi connectivity index (χ4v) is 4.77. The molecule has 2 heterocycles. The van der Waals surface area contributed by atoms with E-state index in [4.69, 9.17) is 9.56 Å². The third-order valence-electron chi connectivity index (χ3n) is 4.84. The zero-order chi connectivity index (χ0) is 21.2. The van der Waals surface area contributed by atoms with Crippen molar-refractivity contribution < 1.29 is 26.0 Å². The van der Waals surface area contributed by atoms with E-state index in [-0.39, 0.29) is 16.4 Å². The Labute approximate surface area is 169 Å². The minimum atomic E-state index is -3.84. The van der Waals surface area contributed by atoms with E-state index in [1.54, 1.807) is 6.92 Å². The lowest BCUT2D eigenvalue weighted by molar-refractivity contribution is 0.0919. The molecule has 0 radical (unpaired) electrons. The first-order valence-corrected chi connectivity index (χ1v) is 12.3. The minimum absolute atomic E-state index is 0.0537. The largest absolute Gasteiger partial charge is 0.451 e. The number of primary sulfonamides is 1. The van der Waals surface area contributed by atoms with Crippen LogP contribution in [0.5, 0.6) is 0 Å². The summed E-state index contributed by atoms with van der Waals surface area (Å²) in [6.07, 6.45) is 0. The Balaban J connectivity index is 1.53. The van der Waals surface area contributed by atoms with Crippen molar-refractivity contribution in [2.75, 3.05) is 45.0 Å². The fraction of sp³-hybridized carbons (Fsp3) is 0.471. The van der Waals surface area contributed by atoms with E-state index in [0.29, 0.717) is 50.2 Å². The smallest absolute Gasteiger partial charge is 0.287 e. The Kier molecular flexibility index (Phi) is 6.29. The van der Waals surface area contributed by atoms with Crippen molar-refractivity contribution in [3.63, 3.8) is 0 Å². The molecule has 0 aliphatic carbocycles. The molecule has 160 valence electrons. The molecule has 1 aromatic heterocycles. The Morgan fingerprint density at radius 3 is 2.45 bits per heavy atom. The number of hydrogen-bond acceptors (Lipinski definition) is 7. The van der Waals surface area contributed by atoms with Crippen LogP contribution >= 0.6 is 0 Å². The van der Waals surface area contributed by atoms with Crippen LogP contribution in [0.3, 0.4) is 0 Å². The second kappa shape index (κ2) is 8.40. The molecule has 1 saturated heterocycles. The van der Waals surface area contributed by atoms with E-state index in [1.807, 2.05) is 0 Å². The van der Waals surface area contributed by atoms with Crippen LogP contribution in [0.15, 0.2) is 33.6 Å². The molecule has 2 aromatic rings.